The van der Waals surface area contributed by atoms with Crippen molar-refractivity contribution in [1.82, 2.24) is 4.98 Å². The van der Waals surface area contributed by atoms with E-state index in [1.807, 2.05) is 11.4 Å². The van der Waals surface area contributed by atoms with Gasteiger partial charge in [-0.15, -0.1) is 11.3 Å². The summed E-state index contributed by atoms with van der Waals surface area (Å²) in [5.74, 6) is -0.505. The van der Waals surface area contributed by atoms with Crippen molar-refractivity contribution in [1.29, 1.82) is 0 Å². The number of hydrogen-bond donors (Lipinski definition) is 1. The first-order valence-corrected chi connectivity index (χ1v) is 6.46. The molecule has 2 aromatic heterocycles. The van der Waals surface area contributed by atoms with E-state index in [1.165, 1.54) is 11.3 Å². The van der Waals surface area contributed by atoms with Crippen LogP contribution in [0.1, 0.15) is 38.2 Å². The maximum atomic E-state index is 12.2. The molecule has 0 radical (unpaired) electrons. The van der Waals surface area contributed by atoms with Gasteiger partial charge in [0.05, 0.1) is 11.5 Å². The van der Waals surface area contributed by atoms with Gasteiger partial charge >= 0.3 is 5.97 Å². The molecule has 0 bridgehead atoms. The molecular weight excluding hydrogens is 250 g/mol. The Bertz CT molecular complexity index is 569. The van der Waals surface area contributed by atoms with Crippen LogP contribution in [0.5, 0.6) is 0 Å². The van der Waals surface area contributed by atoms with Crippen LogP contribution in [0.15, 0.2) is 23.7 Å². The number of hydrogen-bond acceptors (Lipinski definition) is 4. The van der Waals surface area contributed by atoms with Crippen molar-refractivity contribution in [3.05, 3.63) is 45.4 Å². The molecule has 0 spiro atoms. The summed E-state index contributed by atoms with van der Waals surface area (Å²) in [4.78, 5) is 27.3. The molecule has 2 heterocycles. The highest BCUT2D eigenvalue weighted by atomic mass is 32.1. The molecule has 0 saturated carbocycles. The standard InChI is InChI=1S/C13H13NO3S/c1-3-17-13(16)11-8(2)9(7-14-11)12(15)10-5-4-6-18-10/h4-7,14H,3H2,1-2H3. The first-order chi connectivity index (χ1) is 8.65. The monoisotopic (exact) mass is 263 g/mol. The van der Waals surface area contributed by atoms with Gasteiger partial charge in [-0.2, -0.15) is 0 Å². The molecule has 0 atom stereocenters. The van der Waals surface area contributed by atoms with Crippen molar-refractivity contribution >= 4 is 23.1 Å². The number of ether oxygens (including phenoxy) is 1. The Labute approximate surface area is 109 Å². The van der Waals surface area contributed by atoms with E-state index in [9.17, 15) is 9.59 Å². The van der Waals surface area contributed by atoms with Crippen molar-refractivity contribution in [2.45, 2.75) is 13.8 Å². The molecule has 0 fully saturated rings. The summed E-state index contributed by atoms with van der Waals surface area (Å²) in [6.07, 6.45) is 1.56. The van der Waals surface area contributed by atoms with Crippen LogP contribution >= 0.6 is 11.3 Å². The summed E-state index contributed by atoms with van der Waals surface area (Å²) >= 11 is 1.38. The molecule has 0 aromatic carbocycles. The molecule has 0 unspecified atom stereocenters. The second-order valence-corrected chi connectivity index (χ2v) is 4.68. The zero-order valence-corrected chi connectivity index (χ0v) is 11.0. The molecule has 0 aliphatic heterocycles. The van der Waals surface area contributed by atoms with Gasteiger partial charge in [-0.05, 0) is 30.9 Å². The van der Waals surface area contributed by atoms with Crippen LogP contribution in [0.25, 0.3) is 0 Å². The zero-order chi connectivity index (χ0) is 13.1. The largest absolute Gasteiger partial charge is 0.461 e. The van der Waals surface area contributed by atoms with Crippen molar-refractivity contribution in [3.8, 4) is 0 Å². The molecule has 0 aliphatic rings. The fourth-order valence-corrected chi connectivity index (χ4v) is 2.36. The number of carbonyl (C=O) groups is 2. The Kier molecular flexibility index (Phi) is 3.62. The Morgan fingerprint density at radius 2 is 2.22 bits per heavy atom. The molecule has 5 heteroatoms. The average molecular weight is 263 g/mol. The number of H-pyrrole nitrogens is 1. The van der Waals surface area contributed by atoms with Gasteiger partial charge in [-0.25, -0.2) is 4.79 Å². The molecule has 0 aliphatic carbocycles. The van der Waals surface area contributed by atoms with Gasteiger partial charge in [0.25, 0.3) is 0 Å². The third-order valence-electron chi connectivity index (χ3n) is 2.61. The minimum absolute atomic E-state index is 0.0747. The lowest BCUT2D eigenvalue weighted by Gasteiger charge is -2.01. The third-order valence-corrected chi connectivity index (χ3v) is 3.48. The number of esters is 1. The number of aromatic nitrogens is 1. The van der Waals surface area contributed by atoms with Gasteiger partial charge in [0.2, 0.25) is 5.78 Å². The summed E-state index contributed by atoms with van der Waals surface area (Å²) in [5, 5.41) is 1.85. The third kappa shape index (κ3) is 2.22. The molecule has 2 rings (SSSR count). The second-order valence-electron chi connectivity index (χ2n) is 3.73. The quantitative estimate of drug-likeness (QED) is 0.681. The van der Waals surface area contributed by atoms with E-state index in [-0.39, 0.29) is 5.78 Å². The summed E-state index contributed by atoms with van der Waals surface area (Å²) in [5.41, 5.74) is 1.49. The van der Waals surface area contributed by atoms with Crippen LogP contribution < -0.4 is 0 Å². The van der Waals surface area contributed by atoms with E-state index in [2.05, 4.69) is 4.98 Å². The minimum Gasteiger partial charge on any atom is -0.461 e. The molecular formula is C13H13NO3S. The fraction of sp³-hybridized carbons (Fsp3) is 0.231. The Morgan fingerprint density at radius 1 is 1.44 bits per heavy atom. The molecule has 94 valence electrons. The van der Waals surface area contributed by atoms with E-state index in [4.69, 9.17) is 4.74 Å². The van der Waals surface area contributed by atoms with Crippen LogP contribution in [0.4, 0.5) is 0 Å². The van der Waals surface area contributed by atoms with Crippen LogP contribution in [0.3, 0.4) is 0 Å². The van der Waals surface area contributed by atoms with Gasteiger partial charge < -0.3 is 9.72 Å². The van der Waals surface area contributed by atoms with Gasteiger partial charge in [-0.3, -0.25) is 4.79 Å². The number of carbonyl (C=O) groups excluding carboxylic acids is 2. The number of aromatic amines is 1. The van der Waals surface area contributed by atoms with Gasteiger partial charge in [0, 0.05) is 11.8 Å². The fourth-order valence-electron chi connectivity index (χ4n) is 1.69. The normalized spacial score (nSPS) is 10.3. The Morgan fingerprint density at radius 3 is 2.83 bits per heavy atom. The summed E-state index contributed by atoms with van der Waals surface area (Å²) in [7, 11) is 0. The summed E-state index contributed by atoms with van der Waals surface area (Å²) in [6, 6.07) is 3.59. The number of ketones is 1. The predicted molar refractivity (Wildman–Crippen MR) is 69.2 cm³/mol. The smallest absolute Gasteiger partial charge is 0.355 e. The SMILES string of the molecule is CCOC(=O)c1[nH]cc(C(=O)c2cccs2)c1C. The summed E-state index contributed by atoms with van der Waals surface area (Å²) < 4.78 is 4.91. The van der Waals surface area contributed by atoms with Crippen LogP contribution in [0.2, 0.25) is 0 Å². The highest BCUT2D eigenvalue weighted by molar-refractivity contribution is 7.12. The predicted octanol–water partition coefficient (Wildman–Crippen LogP) is 2.79. The van der Waals surface area contributed by atoms with Crippen molar-refractivity contribution < 1.29 is 14.3 Å². The highest BCUT2D eigenvalue weighted by Crippen LogP contribution is 2.20. The lowest BCUT2D eigenvalue weighted by atomic mass is 10.1. The van der Waals surface area contributed by atoms with Crippen molar-refractivity contribution in [2.24, 2.45) is 0 Å². The maximum Gasteiger partial charge on any atom is 0.355 e. The molecule has 2 aromatic rings. The molecule has 18 heavy (non-hydrogen) atoms. The molecule has 1 N–H and O–H groups in total. The number of nitrogens with one attached hydrogen (secondary N) is 1. The lowest BCUT2D eigenvalue weighted by Crippen LogP contribution is -2.07. The molecule has 0 saturated heterocycles. The molecule has 0 amide bonds. The van der Waals surface area contributed by atoms with Crippen LogP contribution in [0, 0.1) is 6.92 Å². The number of rotatable bonds is 4. The maximum absolute atomic E-state index is 12.2. The van der Waals surface area contributed by atoms with Gasteiger partial charge in [0.1, 0.15) is 5.69 Å². The highest BCUT2D eigenvalue weighted by Gasteiger charge is 2.20. The minimum atomic E-state index is -0.430. The number of thiophene rings is 1. The van der Waals surface area contributed by atoms with E-state index < -0.39 is 5.97 Å². The molecule has 4 nitrogen and oxygen atoms in total. The van der Waals surface area contributed by atoms with Gasteiger partial charge in [-0.1, -0.05) is 6.07 Å². The average Bonchev–Trinajstić information content (AvgIpc) is 2.97. The first-order valence-electron chi connectivity index (χ1n) is 5.58. The Hall–Kier alpha value is -1.88. The topological polar surface area (TPSA) is 59.2 Å². The Balaban J connectivity index is 2.31. The lowest BCUT2D eigenvalue weighted by molar-refractivity contribution is 0.0519. The first kappa shape index (κ1) is 12.6. The van der Waals surface area contributed by atoms with Gasteiger partial charge in [0.15, 0.2) is 0 Å². The van der Waals surface area contributed by atoms with Crippen LogP contribution in [-0.4, -0.2) is 23.3 Å². The van der Waals surface area contributed by atoms with Crippen molar-refractivity contribution in [3.63, 3.8) is 0 Å². The van der Waals surface area contributed by atoms with Crippen LogP contribution in [-0.2, 0) is 4.74 Å². The summed E-state index contributed by atoms with van der Waals surface area (Å²) in [6.45, 7) is 3.79. The van der Waals surface area contributed by atoms with E-state index in [1.54, 1.807) is 26.1 Å². The van der Waals surface area contributed by atoms with E-state index >= 15 is 0 Å². The zero-order valence-electron chi connectivity index (χ0n) is 10.1. The van der Waals surface area contributed by atoms with Crippen molar-refractivity contribution in [2.75, 3.05) is 6.61 Å². The van der Waals surface area contributed by atoms with E-state index in [0.29, 0.717) is 28.3 Å². The second kappa shape index (κ2) is 5.18. The van der Waals surface area contributed by atoms with E-state index in [0.717, 1.165) is 0 Å².